The minimum atomic E-state index is -0.00838. The molecule has 0 heterocycles. The molecule has 3 nitrogen and oxygen atoms in total. The molecule has 0 saturated heterocycles. The monoisotopic (exact) mass is 343 g/mol. The van der Waals surface area contributed by atoms with E-state index in [1.807, 2.05) is 31.2 Å². The molecule has 2 rings (SSSR count). The molecule has 0 aliphatic heterocycles. The number of benzene rings is 2. The van der Waals surface area contributed by atoms with E-state index in [1.54, 1.807) is 11.8 Å². The Bertz CT molecular complexity index is 653. The zero-order valence-electron chi connectivity index (χ0n) is 14.5. The second kappa shape index (κ2) is 9.38. The van der Waals surface area contributed by atoms with Gasteiger partial charge in [0, 0.05) is 5.75 Å². The van der Waals surface area contributed by atoms with Crippen LogP contribution in [-0.4, -0.2) is 18.3 Å². The number of hydrogen-bond donors (Lipinski definition) is 1. The number of hydrogen-bond acceptors (Lipinski definition) is 3. The smallest absolute Gasteiger partial charge is 0.234 e. The van der Waals surface area contributed by atoms with Gasteiger partial charge in [-0.15, -0.1) is 11.8 Å². The highest BCUT2D eigenvalue weighted by molar-refractivity contribution is 7.99. The number of ether oxygens (including phenoxy) is 1. The number of carbonyl (C=O) groups is 1. The van der Waals surface area contributed by atoms with Crippen LogP contribution in [0.5, 0.6) is 5.75 Å². The number of rotatable bonds is 8. The van der Waals surface area contributed by atoms with E-state index in [-0.39, 0.29) is 5.91 Å². The summed E-state index contributed by atoms with van der Waals surface area (Å²) in [7, 11) is 0. The fraction of sp³-hybridized carbons (Fsp3) is 0.350. The Labute approximate surface area is 148 Å². The fourth-order valence-electron chi connectivity index (χ4n) is 2.30. The maximum Gasteiger partial charge on any atom is 0.234 e. The first-order valence-corrected chi connectivity index (χ1v) is 9.44. The van der Waals surface area contributed by atoms with Gasteiger partial charge in [-0.3, -0.25) is 4.79 Å². The minimum absolute atomic E-state index is 0.00838. The van der Waals surface area contributed by atoms with E-state index in [2.05, 4.69) is 43.4 Å². The molecule has 0 fully saturated rings. The van der Waals surface area contributed by atoms with Crippen LogP contribution >= 0.6 is 11.8 Å². The van der Waals surface area contributed by atoms with Crippen LogP contribution < -0.4 is 10.1 Å². The van der Waals surface area contributed by atoms with Crippen LogP contribution in [-0.2, 0) is 10.5 Å². The number of anilines is 1. The van der Waals surface area contributed by atoms with Gasteiger partial charge in [-0.05, 0) is 36.1 Å². The second-order valence-corrected chi connectivity index (χ2v) is 6.85. The highest BCUT2D eigenvalue weighted by Crippen LogP contribution is 2.24. The van der Waals surface area contributed by atoms with Gasteiger partial charge in [0.05, 0.1) is 18.0 Å². The summed E-state index contributed by atoms with van der Waals surface area (Å²) in [5.41, 5.74) is 3.31. The highest BCUT2D eigenvalue weighted by atomic mass is 32.2. The molecule has 128 valence electrons. The number of thioether (sulfide) groups is 1. The molecule has 0 aliphatic rings. The average Bonchev–Trinajstić information content (AvgIpc) is 2.57. The normalized spacial score (nSPS) is 10.7. The van der Waals surface area contributed by atoms with Crippen molar-refractivity contribution in [3.8, 4) is 5.75 Å². The van der Waals surface area contributed by atoms with Crippen molar-refractivity contribution < 1.29 is 9.53 Å². The number of amides is 1. The van der Waals surface area contributed by atoms with Crippen molar-refractivity contribution in [2.75, 3.05) is 17.7 Å². The quantitative estimate of drug-likeness (QED) is 0.726. The van der Waals surface area contributed by atoms with Gasteiger partial charge < -0.3 is 10.1 Å². The van der Waals surface area contributed by atoms with Crippen molar-refractivity contribution in [3.63, 3.8) is 0 Å². The lowest BCUT2D eigenvalue weighted by Crippen LogP contribution is -2.15. The maximum absolute atomic E-state index is 12.1. The molecule has 0 radical (unpaired) electrons. The Balaban J connectivity index is 1.81. The zero-order valence-corrected chi connectivity index (χ0v) is 15.4. The summed E-state index contributed by atoms with van der Waals surface area (Å²) in [5, 5.41) is 2.92. The lowest BCUT2D eigenvalue weighted by atomic mass is 10.0. The van der Waals surface area contributed by atoms with E-state index in [4.69, 9.17) is 4.74 Å². The van der Waals surface area contributed by atoms with Gasteiger partial charge in [0.25, 0.3) is 0 Å². The molecule has 0 atom stereocenters. The van der Waals surface area contributed by atoms with Crippen molar-refractivity contribution in [3.05, 3.63) is 59.7 Å². The van der Waals surface area contributed by atoms with Gasteiger partial charge in [-0.25, -0.2) is 0 Å². The number of nitrogens with one attached hydrogen (secondary N) is 1. The Kier molecular flexibility index (Phi) is 7.19. The van der Waals surface area contributed by atoms with E-state index in [0.29, 0.717) is 24.0 Å². The molecule has 4 heteroatoms. The van der Waals surface area contributed by atoms with Crippen molar-refractivity contribution in [2.45, 2.75) is 32.4 Å². The Morgan fingerprint density at radius 3 is 2.50 bits per heavy atom. The number of carbonyl (C=O) groups excluding carboxylic acids is 1. The molecule has 0 saturated carbocycles. The summed E-state index contributed by atoms with van der Waals surface area (Å²) in [5.74, 6) is 2.50. The van der Waals surface area contributed by atoms with Gasteiger partial charge in [-0.1, -0.05) is 50.2 Å². The van der Waals surface area contributed by atoms with Crippen molar-refractivity contribution in [2.24, 2.45) is 0 Å². The lowest BCUT2D eigenvalue weighted by molar-refractivity contribution is -0.113. The second-order valence-electron chi connectivity index (χ2n) is 5.87. The van der Waals surface area contributed by atoms with Crippen LogP contribution in [0.25, 0.3) is 0 Å². The minimum Gasteiger partial charge on any atom is -0.492 e. The molecule has 0 aromatic heterocycles. The summed E-state index contributed by atoms with van der Waals surface area (Å²) in [6, 6.07) is 16.1. The lowest BCUT2D eigenvalue weighted by Gasteiger charge is -2.11. The molecular formula is C20H25NO2S. The van der Waals surface area contributed by atoms with Gasteiger partial charge in [0.1, 0.15) is 5.75 Å². The Morgan fingerprint density at radius 1 is 1.12 bits per heavy atom. The number of para-hydroxylation sites is 2. The van der Waals surface area contributed by atoms with E-state index in [9.17, 15) is 4.79 Å². The van der Waals surface area contributed by atoms with Crippen LogP contribution in [0.1, 0.15) is 37.8 Å². The van der Waals surface area contributed by atoms with E-state index >= 15 is 0 Å². The molecule has 1 N–H and O–H groups in total. The zero-order chi connectivity index (χ0) is 17.4. The van der Waals surface area contributed by atoms with Crippen molar-refractivity contribution in [1.29, 1.82) is 0 Å². The highest BCUT2D eigenvalue weighted by Gasteiger charge is 2.07. The molecule has 0 bridgehead atoms. The van der Waals surface area contributed by atoms with E-state index < -0.39 is 0 Å². The van der Waals surface area contributed by atoms with Crippen LogP contribution in [0.2, 0.25) is 0 Å². The molecule has 2 aromatic rings. The topological polar surface area (TPSA) is 38.3 Å². The summed E-state index contributed by atoms with van der Waals surface area (Å²) >= 11 is 1.61. The third kappa shape index (κ3) is 5.60. The third-order valence-electron chi connectivity index (χ3n) is 3.61. The standard InChI is InChI=1S/C20H25NO2S/c1-4-23-19-8-6-5-7-18(19)21-20(22)14-24-13-16-9-11-17(12-10-16)15(2)3/h5-12,15H,4,13-14H2,1-3H3,(H,21,22). The van der Waals surface area contributed by atoms with Gasteiger partial charge >= 0.3 is 0 Å². The average molecular weight is 343 g/mol. The predicted molar refractivity (Wildman–Crippen MR) is 103 cm³/mol. The molecule has 1 amide bonds. The molecule has 0 spiro atoms. The first-order valence-electron chi connectivity index (χ1n) is 8.28. The summed E-state index contributed by atoms with van der Waals surface area (Å²) in [6.45, 7) is 6.88. The largest absolute Gasteiger partial charge is 0.492 e. The molecule has 0 unspecified atom stereocenters. The first kappa shape index (κ1) is 18.4. The molecule has 24 heavy (non-hydrogen) atoms. The van der Waals surface area contributed by atoms with Gasteiger partial charge in [0.15, 0.2) is 0 Å². The molecular weight excluding hydrogens is 318 g/mol. The van der Waals surface area contributed by atoms with Crippen LogP contribution in [0.4, 0.5) is 5.69 Å². The van der Waals surface area contributed by atoms with E-state index in [0.717, 1.165) is 11.4 Å². The van der Waals surface area contributed by atoms with Crippen LogP contribution in [0.15, 0.2) is 48.5 Å². The Hall–Kier alpha value is -1.94. The van der Waals surface area contributed by atoms with Crippen LogP contribution in [0.3, 0.4) is 0 Å². The molecule has 2 aromatic carbocycles. The van der Waals surface area contributed by atoms with Crippen molar-refractivity contribution >= 4 is 23.4 Å². The summed E-state index contributed by atoms with van der Waals surface area (Å²) in [4.78, 5) is 12.1. The first-order chi connectivity index (χ1) is 11.6. The molecule has 0 aliphatic carbocycles. The summed E-state index contributed by atoms with van der Waals surface area (Å²) in [6.07, 6.45) is 0. The third-order valence-corrected chi connectivity index (χ3v) is 4.61. The maximum atomic E-state index is 12.1. The van der Waals surface area contributed by atoms with E-state index in [1.165, 1.54) is 11.1 Å². The predicted octanol–water partition coefficient (Wildman–Crippen LogP) is 5.08. The van der Waals surface area contributed by atoms with Gasteiger partial charge in [-0.2, -0.15) is 0 Å². The van der Waals surface area contributed by atoms with Gasteiger partial charge in [0.2, 0.25) is 5.91 Å². The SMILES string of the molecule is CCOc1ccccc1NC(=O)CSCc1ccc(C(C)C)cc1. The Morgan fingerprint density at radius 2 is 1.83 bits per heavy atom. The summed E-state index contributed by atoms with van der Waals surface area (Å²) < 4.78 is 5.52. The fourth-order valence-corrected chi connectivity index (χ4v) is 3.09. The van der Waals surface area contributed by atoms with Crippen molar-refractivity contribution in [1.82, 2.24) is 0 Å². The van der Waals surface area contributed by atoms with Crippen LogP contribution in [0, 0.1) is 0 Å².